The summed E-state index contributed by atoms with van der Waals surface area (Å²) in [5, 5.41) is 9.58. The van der Waals surface area contributed by atoms with Crippen molar-refractivity contribution in [2.75, 3.05) is 0 Å². The first-order chi connectivity index (χ1) is 5.84. The van der Waals surface area contributed by atoms with Crippen LogP contribution >= 0.6 is 0 Å². The Kier molecular flexibility index (Phi) is 1.50. The van der Waals surface area contributed by atoms with Crippen LogP contribution in [0.3, 0.4) is 0 Å². The molecule has 0 spiro atoms. The van der Waals surface area contributed by atoms with E-state index < -0.39 is 0 Å². The Morgan fingerprint density at radius 3 is 1.83 bits per heavy atom. The fourth-order valence-corrected chi connectivity index (χ4v) is 3.15. The van der Waals surface area contributed by atoms with Gasteiger partial charge in [-0.2, -0.15) is 0 Å². The van der Waals surface area contributed by atoms with Gasteiger partial charge >= 0.3 is 0 Å². The van der Waals surface area contributed by atoms with E-state index in [1.165, 1.54) is 25.7 Å². The van der Waals surface area contributed by atoms with Crippen LogP contribution in [0.4, 0.5) is 0 Å². The number of aliphatic hydroxyl groups is 1. The standard InChI is InChI=1S/C10H17NO/c12-10-5-8-3-4-9(6-10)11(8)7-1-2-7/h7-10,12H,1-6H2/t8-,9+,10?. The molecule has 2 nitrogen and oxygen atoms in total. The number of nitrogens with zero attached hydrogens (tertiary/aromatic N) is 1. The maximum absolute atomic E-state index is 9.58. The SMILES string of the molecule is OC1C[C@H]2CC[C@@H](C1)N2C1CC1. The molecule has 3 fully saturated rings. The summed E-state index contributed by atoms with van der Waals surface area (Å²) in [6.45, 7) is 0. The molecule has 1 aliphatic carbocycles. The molecule has 3 atom stereocenters. The summed E-state index contributed by atoms with van der Waals surface area (Å²) in [6, 6.07) is 2.40. The van der Waals surface area contributed by atoms with Gasteiger partial charge in [0.2, 0.25) is 0 Å². The molecule has 1 N–H and O–H groups in total. The molecule has 1 unspecified atom stereocenters. The van der Waals surface area contributed by atoms with E-state index in [0.29, 0.717) is 0 Å². The third-order valence-corrected chi connectivity index (χ3v) is 3.73. The molecule has 2 heteroatoms. The van der Waals surface area contributed by atoms with E-state index in [1.54, 1.807) is 0 Å². The van der Waals surface area contributed by atoms with E-state index in [4.69, 9.17) is 0 Å². The summed E-state index contributed by atoms with van der Waals surface area (Å²) in [7, 11) is 0. The fraction of sp³-hybridized carbons (Fsp3) is 1.00. The van der Waals surface area contributed by atoms with Crippen molar-refractivity contribution in [3.63, 3.8) is 0 Å². The van der Waals surface area contributed by atoms with Crippen LogP contribution in [0.5, 0.6) is 0 Å². The van der Waals surface area contributed by atoms with Gasteiger partial charge in [-0.05, 0) is 38.5 Å². The van der Waals surface area contributed by atoms with Gasteiger partial charge in [-0.1, -0.05) is 0 Å². The summed E-state index contributed by atoms with van der Waals surface area (Å²) in [5.41, 5.74) is 0. The summed E-state index contributed by atoms with van der Waals surface area (Å²) >= 11 is 0. The van der Waals surface area contributed by atoms with Crippen molar-refractivity contribution in [2.24, 2.45) is 0 Å². The molecule has 0 aromatic carbocycles. The van der Waals surface area contributed by atoms with E-state index in [2.05, 4.69) is 4.90 Å². The topological polar surface area (TPSA) is 23.5 Å². The number of hydrogen-bond donors (Lipinski definition) is 1. The lowest BCUT2D eigenvalue weighted by Crippen LogP contribution is -2.45. The highest BCUT2D eigenvalue weighted by Crippen LogP contribution is 2.43. The smallest absolute Gasteiger partial charge is 0.0570 e. The second-order valence-corrected chi connectivity index (χ2v) is 4.69. The van der Waals surface area contributed by atoms with Crippen LogP contribution in [-0.2, 0) is 0 Å². The van der Waals surface area contributed by atoms with Gasteiger partial charge in [-0.3, -0.25) is 4.90 Å². The minimum atomic E-state index is 0.0116. The van der Waals surface area contributed by atoms with Crippen LogP contribution in [0.2, 0.25) is 0 Å². The quantitative estimate of drug-likeness (QED) is 0.633. The van der Waals surface area contributed by atoms with Crippen molar-refractivity contribution in [3.05, 3.63) is 0 Å². The van der Waals surface area contributed by atoms with Crippen LogP contribution in [-0.4, -0.2) is 34.2 Å². The van der Waals surface area contributed by atoms with Gasteiger partial charge in [-0.25, -0.2) is 0 Å². The molecule has 3 aliphatic rings. The third kappa shape index (κ3) is 1.01. The number of aliphatic hydroxyl groups excluding tert-OH is 1. The maximum atomic E-state index is 9.58. The molecule has 0 radical (unpaired) electrons. The molecular formula is C10H17NO. The van der Waals surface area contributed by atoms with Crippen molar-refractivity contribution >= 4 is 0 Å². The van der Waals surface area contributed by atoms with Crippen LogP contribution < -0.4 is 0 Å². The first-order valence-electron chi connectivity index (χ1n) is 5.30. The largest absolute Gasteiger partial charge is 0.393 e. The van der Waals surface area contributed by atoms with Crippen LogP contribution in [0.15, 0.2) is 0 Å². The molecule has 0 aromatic rings. The molecule has 68 valence electrons. The number of rotatable bonds is 1. The molecule has 1 saturated carbocycles. The van der Waals surface area contributed by atoms with Crippen molar-refractivity contribution in [1.82, 2.24) is 4.90 Å². The lowest BCUT2D eigenvalue weighted by Gasteiger charge is -2.37. The lowest BCUT2D eigenvalue weighted by molar-refractivity contribution is 0.0309. The minimum absolute atomic E-state index is 0.0116. The number of hydrogen-bond acceptors (Lipinski definition) is 2. The Morgan fingerprint density at radius 1 is 0.833 bits per heavy atom. The van der Waals surface area contributed by atoms with Crippen LogP contribution in [0.25, 0.3) is 0 Å². The molecule has 0 aromatic heterocycles. The van der Waals surface area contributed by atoms with Gasteiger partial charge in [-0.15, -0.1) is 0 Å². The first-order valence-corrected chi connectivity index (χ1v) is 5.30. The average Bonchev–Trinajstić information content (AvgIpc) is 2.80. The van der Waals surface area contributed by atoms with Gasteiger partial charge in [0.1, 0.15) is 0 Å². The second kappa shape index (κ2) is 2.46. The van der Waals surface area contributed by atoms with E-state index in [9.17, 15) is 5.11 Å². The van der Waals surface area contributed by atoms with Crippen LogP contribution in [0.1, 0.15) is 38.5 Å². The molecule has 2 saturated heterocycles. The van der Waals surface area contributed by atoms with Gasteiger partial charge in [0.25, 0.3) is 0 Å². The zero-order chi connectivity index (χ0) is 8.13. The summed E-state index contributed by atoms with van der Waals surface area (Å²) in [6.07, 6.45) is 7.64. The maximum Gasteiger partial charge on any atom is 0.0570 e. The molecule has 3 rings (SSSR count). The fourth-order valence-electron chi connectivity index (χ4n) is 3.15. The highest BCUT2D eigenvalue weighted by atomic mass is 16.3. The Balaban J connectivity index is 1.78. The molecule has 12 heavy (non-hydrogen) atoms. The molecule has 2 bridgehead atoms. The van der Waals surface area contributed by atoms with Gasteiger partial charge < -0.3 is 5.11 Å². The minimum Gasteiger partial charge on any atom is -0.393 e. The third-order valence-electron chi connectivity index (χ3n) is 3.73. The van der Waals surface area contributed by atoms with Gasteiger partial charge in [0, 0.05) is 18.1 Å². The van der Waals surface area contributed by atoms with E-state index in [-0.39, 0.29) is 6.10 Å². The summed E-state index contributed by atoms with van der Waals surface area (Å²) in [5.74, 6) is 0. The van der Waals surface area contributed by atoms with Crippen LogP contribution in [0, 0.1) is 0 Å². The van der Waals surface area contributed by atoms with Crippen molar-refractivity contribution in [1.29, 1.82) is 0 Å². The highest BCUT2D eigenvalue weighted by molar-refractivity contribution is 5.01. The van der Waals surface area contributed by atoms with Crippen molar-refractivity contribution in [3.8, 4) is 0 Å². The van der Waals surface area contributed by atoms with Crippen molar-refractivity contribution < 1.29 is 5.11 Å². The van der Waals surface area contributed by atoms with E-state index >= 15 is 0 Å². The number of piperidine rings is 1. The first kappa shape index (κ1) is 7.34. The molecule has 2 heterocycles. The zero-order valence-corrected chi connectivity index (χ0v) is 7.45. The zero-order valence-electron chi connectivity index (χ0n) is 7.45. The van der Waals surface area contributed by atoms with Gasteiger partial charge in [0.05, 0.1) is 6.10 Å². The monoisotopic (exact) mass is 167 g/mol. The summed E-state index contributed by atoms with van der Waals surface area (Å²) in [4.78, 5) is 2.72. The molecule has 0 amide bonds. The molecule has 2 aliphatic heterocycles. The Hall–Kier alpha value is -0.0800. The van der Waals surface area contributed by atoms with E-state index in [0.717, 1.165) is 31.0 Å². The average molecular weight is 167 g/mol. The van der Waals surface area contributed by atoms with E-state index in [1.807, 2.05) is 0 Å². The Bertz CT molecular complexity index is 176. The Labute approximate surface area is 73.6 Å². The van der Waals surface area contributed by atoms with Gasteiger partial charge in [0.15, 0.2) is 0 Å². The van der Waals surface area contributed by atoms with Crippen molar-refractivity contribution in [2.45, 2.75) is 62.8 Å². The second-order valence-electron chi connectivity index (χ2n) is 4.69. The lowest BCUT2D eigenvalue weighted by atomic mass is 10.00. The highest BCUT2D eigenvalue weighted by Gasteiger charge is 2.46. The summed E-state index contributed by atoms with van der Waals surface area (Å²) < 4.78 is 0. The predicted molar refractivity (Wildman–Crippen MR) is 46.9 cm³/mol. The Morgan fingerprint density at radius 2 is 1.33 bits per heavy atom. The normalized spacial score (nSPS) is 48.2. The molecular weight excluding hydrogens is 150 g/mol. The number of fused-ring (bicyclic) bond motifs is 2. The predicted octanol–water partition coefficient (Wildman–Crippen LogP) is 1.14.